The molecule has 2 rings (SSSR count). The molecule has 2 aromatic carbocycles. The maximum atomic E-state index is 13.6. The van der Waals surface area contributed by atoms with Crippen LogP contribution in [-0.2, 0) is 6.54 Å². The quantitative estimate of drug-likeness (QED) is 0.908. The Labute approximate surface area is 122 Å². The average molecular weight is 302 g/mol. The Morgan fingerprint density at radius 3 is 2.58 bits per heavy atom. The molecule has 0 aliphatic heterocycles. The highest BCUT2D eigenvalue weighted by atomic mass is 35.5. The molecule has 0 spiro atoms. The van der Waals surface area contributed by atoms with E-state index < -0.39 is 5.82 Å². The standard InChI is InChI=1S/C14H13ClFNO.ClH/c1-9-7-11(6-5-10(9)8-17)18-14-12(15)3-2-4-13(14)16;/h2-7H,8,17H2,1H3;1H. The van der Waals surface area contributed by atoms with Crippen molar-refractivity contribution in [2.45, 2.75) is 13.5 Å². The average Bonchev–Trinajstić information content (AvgIpc) is 2.34. The third kappa shape index (κ3) is 3.60. The van der Waals surface area contributed by atoms with E-state index in [1.165, 1.54) is 12.1 Å². The topological polar surface area (TPSA) is 35.2 Å². The first kappa shape index (κ1) is 15.8. The predicted octanol–water partition coefficient (Wildman–Crippen LogP) is 4.46. The maximum absolute atomic E-state index is 13.6. The summed E-state index contributed by atoms with van der Waals surface area (Å²) in [4.78, 5) is 0. The van der Waals surface area contributed by atoms with Crippen molar-refractivity contribution in [2.24, 2.45) is 5.73 Å². The molecule has 0 amide bonds. The minimum atomic E-state index is -0.483. The molecule has 0 atom stereocenters. The van der Waals surface area contributed by atoms with Crippen LogP contribution in [0.2, 0.25) is 5.02 Å². The summed E-state index contributed by atoms with van der Waals surface area (Å²) < 4.78 is 19.0. The highest BCUT2D eigenvalue weighted by molar-refractivity contribution is 6.32. The number of rotatable bonds is 3. The lowest BCUT2D eigenvalue weighted by Crippen LogP contribution is -1.99. The molecule has 102 valence electrons. The van der Waals surface area contributed by atoms with Crippen molar-refractivity contribution in [3.8, 4) is 11.5 Å². The van der Waals surface area contributed by atoms with E-state index in [1.54, 1.807) is 12.1 Å². The van der Waals surface area contributed by atoms with Gasteiger partial charge in [0.15, 0.2) is 11.6 Å². The van der Waals surface area contributed by atoms with E-state index in [4.69, 9.17) is 22.1 Å². The summed E-state index contributed by atoms with van der Waals surface area (Å²) in [7, 11) is 0. The second-order valence-electron chi connectivity index (χ2n) is 3.95. The van der Waals surface area contributed by atoms with Crippen LogP contribution in [0.15, 0.2) is 36.4 Å². The lowest BCUT2D eigenvalue weighted by Gasteiger charge is -2.10. The molecule has 0 fully saturated rings. The fourth-order valence-electron chi connectivity index (χ4n) is 1.66. The second-order valence-corrected chi connectivity index (χ2v) is 4.35. The summed E-state index contributed by atoms with van der Waals surface area (Å²) in [6.07, 6.45) is 0. The molecular weight excluding hydrogens is 288 g/mol. The molecule has 2 N–H and O–H groups in total. The Bertz CT molecular complexity index is 555. The molecule has 2 aromatic rings. The van der Waals surface area contributed by atoms with E-state index in [1.807, 2.05) is 19.1 Å². The van der Waals surface area contributed by atoms with E-state index in [-0.39, 0.29) is 23.2 Å². The minimum Gasteiger partial charge on any atom is -0.453 e. The van der Waals surface area contributed by atoms with Gasteiger partial charge in [0.25, 0.3) is 0 Å². The SMILES string of the molecule is Cc1cc(Oc2c(F)cccc2Cl)ccc1CN.Cl. The molecule has 0 bridgehead atoms. The van der Waals surface area contributed by atoms with Crippen LogP contribution < -0.4 is 10.5 Å². The minimum absolute atomic E-state index is 0. The van der Waals surface area contributed by atoms with Gasteiger partial charge in [-0.05, 0) is 42.3 Å². The van der Waals surface area contributed by atoms with Crippen LogP contribution in [0.3, 0.4) is 0 Å². The predicted molar refractivity (Wildman–Crippen MR) is 77.8 cm³/mol. The zero-order valence-corrected chi connectivity index (χ0v) is 11.9. The Morgan fingerprint density at radius 1 is 1.26 bits per heavy atom. The van der Waals surface area contributed by atoms with Crippen molar-refractivity contribution in [1.82, 2.24) is 0 Å². The molecular formula is C14H14Cl2FNO. The van der Waals surface area contributed by atoms with Crippen LogP contribution in [0.5, 0.6) is 11.5 Å². The van der Waals surface area contributed by atoms with E-state index >= 15 is 0 Å². The van der Waals surface area contributed by atoms with Crippen molar-refractivity contribution >= 4 is 24.0 Å². The van der Waals surface area contributed by atoms with Crippen molar-refractivity contribution < 1.29 is 9.13 Å². The maximum Gasteiger partial charge on any atom is 0.181 e. The molecule has 0 saturated carbocycles. The van der Waals surface area contributed by atoms with Gasteiger partial charge in [-0.3, -0.25) is 0 Å². The third-order valence-corrected chi connectivity index (χ3v) is 2.97. The zero-order valence-electron chi connectivity index (χ0n) is 10.3. The molecule has 0 aliphatic rings. The van der Waals surface area contributed by atoms with Gasteiger partial charge in [-0.2, -0.15) is 0 Å². The van der Waals surface area contributed by atoms with Crippen LogP contribution in [0, 0.1) is 12.7 Å². The van der Waals surface area contributed by atoms with E-state index in [0.717, 1.165) is 11.1 Å². The van der Waals surface area contributed by atoms with Crippen molar-refractivity contribution in [3.63, 3.8) is 0 Å². The number of hydrogen-bond acceptors (Lipinski definition) is 2. The highest BCUT2D eigenvalue weighted by Crippen LogP contribution is 2.32. The first-order valence-electron chi connectivity index (χ1n) is 5.53. The van der Waals surface area contributed by atoms with Crippen LogP contribution in [0.4, 0.5) is 4.39 Å². The Kier molecular flexibility index (Phi) is 5.60. The third-order valence-electron chi connectivity index (χ3n) is 2.67. The Hall–Kier alpha value is -1.29. The largest absolute Gasteiger partial charge is 0.453 e. The summed E-state index contributed by atoms with van der Waals surface area (Å²) in [5.74, 6) is 0.0961. The summed E-state index contributed by atoms with van der Waals surface area (Å²) in [6, 6.07) is 9.85. The molecule has 2 nitrogen and oxygen atoms in total. The molecule has 0 radical (unpaired) electrons. The van der Waals surface area contributed by atoms with E-state index in [9.17, 15) is 4.39 Å². The van der Waals surface area contributed by atoms with Gasteiger partial charge in [0.1, 0.15) is 5.75 Å². The normalized spacial score (nSPS) is 9.89. The van der Waals surface area contributed by atoms with E-state index in [0.29, 0.717) is 12.3 Å². The number of halogens is 3. The van der Waals surface area contributed by atoms with Gasteiger partial charge in [-0.15, -0.1) is 12.4 Å². The summed E-state index contributed by atoms with van der Waals surface area (Å²) >= 11 is 5.89. The van der Waals surface area contributed by atoms with Crippen molar-refractivity contribution in [2.75, 3.05) is 0 Å². The highest BCUT2D eigenvalue weighted by Gasteiger charge is 2.09. The molecule has 0 heterocycles. The molecule has 19 heavy (non-hydrogen) atoms. The molecule has 0 aliphatic carbocycles. The van der Waals surface area contributed by atoms with Gasteiger partial charge in [-0.25, -0.2) is 4.39 Å². The number of nitrogens with two attached hydrogens (primary N) is 1. The number of ether oxygens (including phenoxy) is 1. The summed E-state index contributed by atoms with van der Waals surface area (Å²) in [5, 5.41) is 0.246. The zero-order chi connectivity index (χ0) is 13.1. The van der Waals surface area contributed by atoms with Gasteiger partial charge < -0.3 is 10.5 Å². The number of aryl methyl sites for hydroxylation is 1. The van der Waals surface area contributed by atoms with Gasteiger partial charge in [0.05, 0.1) is 5.02 Å². The van der Waals surface area contributed by atoms with Crippen molar-refractivity contribution in [3.05, 3.63) is 58.4 Å². The van der Waals surface area contributed by atoms with Crippen molar-refractivity contribution in [1.29, 1.82) is 0 Å². The number of para-hydroxylation sites is 1. The Morgan fingerprint density at radius 2 is 2.00 bits per heavy atom. The van der Waals surface area contributed by atoms with Gasteiger partial charge in [0.2, 0.25) is 0 Å². The lowest BCUT2D eigenvalue weighted by molar-refractivity contribution is 0.442. The summed E-state index contributed by atoms with van der Waals surface area (Å²) in [6.45, 7) is 2.39. The van der Waals surface area contributed by atoms with Crippen LogP contribution >= 0.6 is 24.0 Å². The Balaban J connectivity index is 0.00000180. The van der Waals surface area contributed by atoms with E-state index in [2.05, 4.69) is 0 Å². The summed E-state index contributed by atoms with van der Waals surface area (Å²) in [5.41, 5.74) is 7.61. The monoisotopic (exact) mass is 301 g/mol. The first-order valence-corrected chi connectivity index (χ1v) is 5.91. The van der Waals surface area contributed by atoms with Gasteiger partial charge >= 0.3 is 0 Å². The lowest BCUT2D eigenvalue weighted by atomic mass is 10.1. The molecule has 0 saturated heterocycles. The van der Waals surface area contributed by atoms with Gasteiger partial charge in [-0.1, -0.05) is 23.7 Å². The molecule has 0 aromatic heterocycles. The number of hydrogen-bond donors (Lipinski definition) is 1. The smallest absolute Gasteiger partial charge is 0.181 e. The fourth-order valence-corrected chi connectivity index (χ4v) is 1.86. The molecule has 5 heteroatoms. The van der Waals surface area contributed by atoms with Crippen LogP contribution in [-0.4, -0.2) is 0 Å². The van der Waals surface area contributed by atoms with Crippen LogP contribution in [0.1, 0.15) is 11.1 Å². The first-order chi connectivity index (χ1) is 8.61. The second kappa shape index (κ2) is 6.75. The van der Waals surface area contributed by atoms with Gasteiger partial charge in [0, 0.05) is 6.54 Å². The molecule has 0 unspecified atom stereocenters. The van der Waals surface area contributed by atoms with Crippen LogP contribution in [0.25, 0.3) is 0 Å². The fraction of sp³-hybridized carbons (Fsp3) is 0.143. The number of benzene rings is 2.